The molecule has 0 N–H and O–H groups in total. The monoisotopic (exact) mass is 346 g/mol. The molecular formula is C18H23O3PSi. The van der Waals surface area contributed by atoms with E-state index >= 15 is 0 Å². The molecule has 0 atom stereocenters. The maximum absolute atomic E-state index is 13.5. The van der Waals surface area contributed by atoms with Gasteiger partial charge in [0.2, 0.25) is 0 Å². The second-order valence-corrected chi connectivity index (χ2v) is 14.5. The predicted molar refractivity (Wildman–Crippen MR) is 98.2 cm³/mol. The fraction of sp³-hybridized carbons (Fsp3) is 0.333. The smallest absolute Gasteiger partial charge is 0.416 e. The topological polar surface area (TPSA) is 35.5 Å². The van der Waals surface area contributed by atoms with E-state index in [1.54, 1.807) is 0 Å². The first-order valence-corrected chi connectivity index (χ1v) is 12.4. The summed E-state index contributed by atoms with van der Waals surface area (Å²) in [6.07, 6.45) is 0. The van der Waals surface area contributed by atoms with E-state index < -0.39 is 20.8 Å². The fourth-order valence-electron chi connectivity index (χ4n) is 2.82. The van der Waals surface area contributed by atoms with Gasteiger partial charge in [-0.15, -0.1) is 0 Å². The van der Waals surface area contributed by atoms with Crippen LogP contribution in [0.5, 0.6) is 11.5 Å². The lowest BCUT2D eigenvalue weighted by atomic mass is 10.3. The Hall–Kier alpha value is -1.51. The molecule has 2 aromatic rings. The first-order valence-electron chi connectivity index (χ1n) is 7.83. The molecule has 5 heteroatoms. The highest BCUT2D eigenvalue weighted by Crippen LogP contribution is 2.59. The molecule has 3 rings (SSSR count). The molecule has 122 valence electrons. The van der Waals surface area contributed by atoms with E-state index in [-0.39, 0.29) is 0 Å². The zero-order valence-corrected chi connectivity index (χ0v) is 16.2. The zero-order chi connectivity index (χ0) is 16.9. The van der Waals surface area contributed by atoms with Gasteiger partial charge in [0.15, 0.2) is 0 Å². The average Bonchev–Trinajstić information content (AvgIpc) is 2.46. The molecule has 1 heterocycles. The summed E-state index contributed by atoms with van der Waals surface area (Å²) >= 11 is 0. The second-order valence-electron chi connectivity index (χ2n) is 7.47. The Balaban J connectivity index is 2.32. The van der Waals surface area contributed by atoms with E-state index in [2.05, 4.69) is 25.2 Å². The van der Waals surface area contributed by atoms with Crippen molar-refractivity contribution in [1.82, 2.24) is 0 Å². The molecule has 1 aliphatic heterocycles. The summed E-state index contributed by atoms with van der Waals surface area (Å²) in [5.41, 5.74) is 0. The number of para-hydroxylation sites is 2. The number of hydrogen-bond donors (Lipinski definition) is 0. The van der Waals surface area contributed by atoms with Crippen molar-refractivity contribution in [3.63, 3.8) is 0 Å². The molecule has 0 saturated heterocycles. The van der Waals surface area contributed by atoms with Gasteiger partial charge in [0.1, 0.15) is 19.6 Å². The molecule has 0 spiro atoms. The predicted octanol–water partition coefficient (Wildman–Crippen LogP) is 4.27. The largest absolute Gasteiger partial charge is 0.435 e. The molecule has 0 bridgehead atoms. The first-order chi connectivity index (χ1) is 10.7. The quantitative estimate of drug-likeness (QED) is 0.528. The summed E-state index contributed by atoms with van der Waals surface area (Å²) in [5.74, 6) is 1.38. The van der Waals surface area contributed by atoms with Crippen LogP contribution in [0.2, 0.25) is 13.1 Å². The van der Waals surface area contributed by atoms with Crippen molar-refractivity contribution in [1.29, 1.82) is 0 Å². The van der Waals surface area contributed by atoms with Crippen molar-refractivity contribution in [2.45, 2.75) is 39.0 Å². The Kier molecular flexibility index (Phi) is 3.73. The highest BCUT2D eigenvalue weighted by atomic mass is 31.2. The van der Waals surface area contributed by atoms with Gasteiger partial charge in [-0.25, -0.2) is 4.57 Å². The third-order valence-electron chi connectivity index (χ3n) is 4.38. The normalized spacial score (nSPS) is 18.5. The maximum atomic E-state index is 13.5. The van der Waals surface area contributed by atoms with Gasteiger partial charge in [-0.05, 0) is 43.3 Å². The molecule has 0 amide bonds. The van der Waals surface area contributed by atoms with Crippen LogP contribution in [-0.2, 0) is 4.57 Å². The summed E-state index contributed by atoms with van der Waals surface area (Å²) in [6.45, 7) is 10.2. The number of rotatable bonds is 0. The number of benzene rings is 2. The van der Waals surface area contributed by atoms with Crippen molar-refractivity contribution in [3.8, 4) is 11.5 Å². The lowest BCUT2D eigenvalue weighted by molar-refractivity contribution is 0.357. The highest BCUT2D eigenvalue weighted by molar-refractivity contribution is 7.56. The standard InChI is InChI=1S/C18H23O3PSi/c1-18(2,3)22(19)20-14-10-6-8-12-16(14)23(4,5)17-13-9-7-11-15(17)21-22/h6-13H,1-5H3. The summed E-state index contributed by atoms with van der Waals surface area (Å²) < 4.78 is 25.6. The Labute approximate surface area is 139 Å². The molecule has 1 aliphatic rings. The fourth-order valence-corrected chi connectivity index (χ4v) is 7.23. The van der Waals surface area contributed by atoms with E-state index in [1.165, 1.54) is 0 Å². The molecular weight excluding hydrogens is 323 g/mol. The lowest BCUT2D eigenvalue weighted by Crippen LogP contribution is -2.54. The zero-order valence-electron chi connectivity index (χ0n) is 14.3. The van der Waals surface area contributed by atoms with Gasteiger partial charge in [0.25, 0.3) is 0 Å². The molecule has 0 aliphatic carbocycles. The van der Waals surface area contributed by atoms with Crippen molar-refractivity contribution in [2.24, 2.45) is 0 Å². The van der Waals surface area contributed by atoms with Gasteiger partial charge in [-0.1, -0.05) is 49.5 Å². The molecule has 23 heavy (non-hydrogen) atoms. The molecule has 0 fully saturated rings. The van der Waals surface area contributed by atoms with Crippen molar-refractivity contribution in [3.05, 3.63) is 48.5 Å². The highest BCUT2D eigenvalue weighted by Gasteiger charge is 2.47. The van der Waals surface area contributed by atoms with E-state index in [0.717, 1.165) is 10.4 Å². The van der Waals surface area contributed by atoms with E-state index in [9.17, 15) is 4.57 Å². The van der Waals surface area contributed by atoms with Crippen LogP contribution < -0.4 is 19.4 Å². The number of fused-ring (bicyclic) bond motifs is 2. The van der Waals surface area contributed by atoms with Crippen LogP contribution in [0, 0.1) is 0 Å². The summed E-state index contributed by atoms with van der Waals surface area (Å²) in [6, 6.07) is 15.9. The minimum atomic E-state index is -3.37. The Morgan fingerprint density at radius 3 is 1.61 bits per heavy atom. The van der Waals surface area contributed by atoms with Crippen LogP contribution in [-0.4, -0.2) is 13.2 Å². The van der Waals surface area contributed by atoms with Gasteiger partial charge in [0.05, 0.1) is 5.16 Å². The molecule has 0 radical (unpaired) electrons. The van der Waals surface area contributed by atoms with Gasteiger partial charge < -0.3 is 9.05 Å². The minimum absolute atomic E-state index is 0.615. The first kappa shape index (κ1) is 16.3. The lowest BCUT2D eigenvalue weighted by Gasteiger charge is -2.37. The number of hydrogen-bond acceptors (Lipinski definition) is 3. The average molecular weight is 346 g/mol. The van der Waals surface area contributed by atoms with Gasteiger partial charge in [-0.3, -0.25) is 0 Å². The van der Waals surface area contributed by atoms with E-state index in [4.69, 9.17) is 9.05 Å². The van der Waals surface area contributed by atoms with E-state index in [1.807, 2.05) is 57.2 Å². The van der Waals surface area contributed by atoms with Crippen molar-refractivity contribution < 1.29 is 13.6 Å². The summed E-state index contributed by atoms with van der Waals surface area (Å²) in [4.78, 5) is 0. The molecule has 2 aromatic carbocycles. The van der Waals surface area contributed by atoms with Gasteiger partial charge in [-0.2, -0.15) is 0 Å². The summed E-state index contributed by atoms with van der Waals surface area (Å²) in [5, 5.41) is 1.69. The molecule has 0 saturated carbocycles. The molecule has 3 nitrogen and oxygen atoms in total. The maximum Gasteiger partial charge on any atom is 0.435 e. The summed E-state index contributed by atoms with van der Waals surface area (Å²) in [7, 11) is -5.37. The Morgan fingerprint density at radius 1 is 0.826 bits per heavy atom. The third-order valence-corrected chi connectivity index (χ3v) is 10.4. The molecule has 0 unspecified atom stereocenters. The Morgan fingerprint density at radius 2 is 1.22 bits per heavy atom. The van der Waals surface area contributed by atoms with Crippen molar-refractivity contribution in [2.75, 3.05) is 0 Å². The van der Waals surface area contributed by atoms with Gasteiger partial charge >= 0.3 is 7.60 Å². The Bertz CT molecular complexity index is 737. The third kappa shape index (κ3) is 2.64. The van der Waals surface area contributed by atoms with E-state index in [0.29, 0.717) is 11.5 Å². The van der Waals surface area contributed by atoms with Crippen LogP contribution in [0.3, 0.4) is 0 Å². The van der Waals surface area contributed by atoms with Crippen LogP contribution in [0.15, 0.2) is 48.5 Å². The molecule has 0 aromatic heterocycles. The van der Waals surface area contributed by atoms with Crippen LogP contribution in [0.25, 0.3) is 0 Å². The van der Waals surface area contributed by atoms with Crippen LogP contribution >= 0.6 is 7.60 Å². The SMILES string of the molecule is CC(C)(C)P1(=O)Oc2ccccc2[Si](C)(C)c2ccccc2O1. The minimum Gasteiger partial charge on any atom is -0.416 e. The second kappa shape index (κ2) is 5.25. The van der Waals surface area contributed by atoms with Gasteiger partial charge in [0, 0.05) is 0 Å². The van der Waals surface area contributed by atoms with Crippen LogP contribution in [0.1, 0.15) is 20.8 Å². The van der Waals surface area contributed by atoms with Crippen LogP contribution in [0.4, 0.5) is 0 Å². The van der Waals surface area contributed by atoms with Crippen molar-refractivity contribution >= 4 is 26.0 Å².